The first-order chi connectivity index (χ1) is 55.5. The zero-order valence-corrected chi connectivity index (χ0v) is 62.5. The fourth-order valence-corrected chi connectivity index (χ4v) is 26.1. The van der Waals surface area contributed by atoms with Gasteiger partial charge in [-0.2, -0.15) is 0 Å². The number of para-hydroxylation sites is 6. The summed E-state index contributed by atoms with van der Waals surface area (Å²) in [7, 11) is 0. The predicted octanol–water partition coefficient (Wildman–Crippen LogP) is 26.3. The van der Waals surface area contributed by atoms with Gasteiger partial charge in [-0.3, -0.25) is 0 Å². The first-order valence-electron chi connectivity index (χ1n) is 41.3. The van der Waals surface area contributed by atoms with Crippen molar-refractivity contribution in [1.82, 2.24) is 9.13 Å². The Bertz CT molecular complexity index is 7170. The average molecular weight is 1430 g/mol. The van der Waals surface area contributed by atoms with E-state index in [-0.39, 0.29) is 29.2 Å². The quantitative estimate of drug-likeness (QED) is 0.127. The van der Waals surface area contributed by atoms with Crippen molar-refractivity contribution in [2.24, 2.45) is 17.8 Å². The van der Waals surface area contributed by atoms with Crippen LogP contribution in [-0.4, -0.2) is 15.2 Å². The van der Waals surface area contributed by atoms with Gasteiger partial charge in [0.25, 0.3) is 0 Å². The fraction of sp³-hybridized carbons (Fsp3) is 0.156. The lowest BCUT2D eigenvalue weighted by Gasteiger charge is -2.57. The number of aromatic nitrogens is 2. The fourth-order valence-electron chi connectivity index (χ4n) is 26.1. The zero-order valence-electron chi connectivity index (χ0n) is 62.5. The maximum absolute atomic E-state index is 2.80. The third-order valence-electron chi connectivity index (χ3n) is 29.7. The summed E-state index contributed by atoms with van der Waals surface area (Å²) in [6.07, 6.45) is 35.6. The summed E-state index contributed by atoms with van der Waals surface area (Å²) >= 11 is 0. The van der Waals surface area contributed by atoms with E-state index < -0.39 is 10.8 Å². The van der Waals surface area contributed by atoms with Crippen molar-refractivity contribution in [3.05, 3.63) is 410 Å². The van der Waals surface area contributed by atoms with E-state index in [0.29, 0.717) is 5.92 Å². The van der Waals surface area contributed by atoms with Crippen LogP contribution in [0.4, 0.5) is 11.4 Å². The Morgan fingerprint density at radius 2 is 1.04 bits per heavy atom. The molecular weight excluding hydrogens is 1350 g/mol. The van der Waals surface area contributed by atoms with Crippen LogP contribution in [0.1, 0.15) is 135 Å². The molecule has 2 aromatic heterocycles. The minimum Gasteiger partial charge on any atom is -0.333 e. The summed E-state index contributed by atoms with van der Waals surface area (Å²) in [5.41, 5.74) is 42.9. The van der Waals surface area contributed by atoms with Gasteiger partial charge >= 0.3 is 0 Å². The Morgan fingerprint density at radius 1 is 0.411 bits per heavy atom. The van der Waals surface area contributed by atoms with E-state index in [0.717, 1.165) is 51.4 Å². The Balaban J connectivity index is 0.786. The molecular formula is C109H77N3. The highest BCUT2D eigenvalue weighted by Crippen LogP contribution is 2.71. The molecule has 112 heavy (non-hydrogen) atoms. The van der Waals surface area contributed by atoms with Gasteiger partial charge in [0.1, 0.15) is 0 Å². The van der Waals surface area contributed by atoms with Gasteiger partial charge in [-0.15, -0.1) is 0 Å². The normalized spacial score (nSPS) is 23.1. The predicted molar refractivity (Wildman–Crippen MR) is 463 cm³/mol. The lowest BCUT2D eigenvalue weighted by Crippen LogP contribution is -2.55. The molecule has 0 fully saturated rings. The molecule has 7 unspecified atom stereocenters. The van der Waals surface area contributed by atoms with Crippen molar-refractivity contribution in [1.29, 1.82) is 0 Å². The van der Waals surface area contributed by atoms with Crippen molar-refractivity contribution in [3.8, 4) is 39.1 Å². The molecule has 0 saturated heterocycles. The molecule has 7 atom stereocenters. The van der Waals surface area contributed by atoms with Gasteiger partial charge in [0.15, 0.2) is 0 Å². The number of rotatable bonds is 3. The monoisotopic (exact) mass is 1430 g/mol. The van der Waals surface area contributed by atoms with Crippen LogP contribution in [0.15, 0.2) is 327 Å². The Morgan fingerprint density at radius 3 is 1.91 bits per heavy atom. The first kappa shape index (κ1) is 61.2. The van der Waals surface area contributed by atoms with Crippen molar-refractivity contribution in [3.63, 3.8) is 0 Å². The van der Waals surface area contributed by atoms with Crippen LogP contribution < -0.4 is 4.90 Å². The Kier molecular flexibility index (Phi) is 11.9. The van der Waals surface area contributed by atoms with Crippen molar-refractivity contribution >= 4 is 88.5 Å². The maximum atomic E-state index is 2.80. The second-order valence-corrected chi connectivity index (χ2v) is 34.3. The molecule has 4 aliphatic heterocycles. The van der Waals surface area contributed by atoms with E-state index in [2.05, 4.69) is 343 Å². The molecule has 0 radical (unpaired) electrons. The summed E-state index contributed by atoms with van der Waals surface area (Å²) in [4.78, 5) is 2.80. The Labute approximate surface area is 651 Å². The highest BCUT2D eigenvalue weighted by molar-refractivity contribution is 6.24. The van der Waals surface area contributed by atoms with E-state index in [1.54, 1.807) is 5.57 Å². The number of fused-ring (bicyclic) bond motifs is 35. The first-order valence-corrected chi connectivity index (χ1v) is 41.3. The number of anilines is 2. The van der Waals surface area contributed by atoms with E-state index >= 15 is 0 Å². The minimum atomic E-state index is -0.551. The maximum Gasteiger partial charge on any atom is 0.0717 e. The third-order valence-corrected chi connectivity index (χ3v) is 29.7. The van der Waals surface area contributed by atoms with Crippen molar-refractivity contribution in [2.75, 3.05) is 4.90 Å². The van der Waals surface area contributed by atoms with E-state index in [1.807, 2.05) is 0 Å². The van der Waals surface area contributed by atoms with Crippen LogP contribution in [0, 0.1) is 17.8 Å². The van der Waals surface area contributed by atoms with Crippen LogP contribution in [0.3, 0.4) is 0 Å². The summed E-state index contributed by atoms with van der Waals surface area (Å²) in [5.74, 6) is 0.896. The van der Waals surface area contributed by atoms with Gasteiger partial charge < -0.3 is 14.0 Å². The molecule has 0 bridgehead atoms. The van der Waals surface area contributed by atoms with Gasteiger partial charge in [-0.05, 0) is 207 Å². The molecule has 6 heterocycles. The van der Waals surface area contributed by atoms with Gasteiger partial charge in [0, 0.05) is 79.5 Å². The Hall–Kier alpha value is -12.6. The van der Waals surface area contributed by atoms with Crippen LogP contribution >= 0.6 is 0 Å². The van der Waals surface area contributed by atoms with Crippen LogP contribution in [-0.2, 0) is 29.1 Å². The number of hydrogen-bond acceptors (Lipinski definition) is 1. The minimum absolute atomic E-state index is 0.165. The second kappa shape index (κ2) is 21.7. The van der Waals surface area contributed by atoms with Crippen molar-refractivity contribution in [2.45, 2.75) is 86.5 Å². The standard InChI is InChI=1S/C109H77N3/c1-63-59-83(106-95(60-63)108(86-46-12-5-31-70(86)71-32-6-13-47-87(71)108)94-54-25-42-78-73-34-9-18-57-98(73)112(106)105(78)94)67-37-22-39-75-82(67)62-81-66(76-40-23-52-92-103(76)111-97-56-17-8-33-72(97)77-41-24-53-93(104(77)111)107(92)84-44-10-3-29-68(84)69-30-4-11-45-85(69)107)36-21-38-74(81)100(75)80-43-26-50-90-101(80)79-35-7-14-48-88(79)109(90)89-49-15-19-58-99(89)110-96-55-16-2-27-64(96)61-65-28-20-51-91(109)102(65)110/h2-13,16,18-47,50-55,57-59,62-63,68,84,89,99H,14-15,17,48-49,56,60-61H2,1H3. The van der Waals surface area contributed by atoms with Gasteiger partial charge in [-0.25, -0.2) is 0 Å². The topological polar surface area (TPSA) is 13.1 Å². The molecule has 0 N–H and O–H groups in total. The molecule has 8 aliphatic carbocycles. The summed E-state index contributed by atoms with van der Waals surface area (Å²) in [5, 5.41) is 9.07. The molecule has 0 amide bonds. The highest BCUT2D eigenvalue weighted by atomic mass is 15.2. The van der Waals surface area contributed by atoms with Gasteiger partial charge in [0.2, 0.25) is 0 Å². The highest BCUT2D eigenvalue weighted by Gasteiger charge is 2.61. The lowest BCUT2D eigenvalue weighted by atomic mass is 9.55. The van der Waals surface area contributed by atoms with E-state index in [1.165, 1.54) is 211 Å². The number of hydrogen-bond donors (Lipinski definition) is 0. The smallest absolute Gasteiger partial charge is 0.0717 e. The zero-order chi connectivity index (χ0) is 72.8. The SMILES string of the molecule is CC1C=C(c2cccc3c(-c4cccc5c4C4=C(CCC=C4)C54c5cccc6c5N(c5ccccc5C6)C5C=CCCC54)c4cccc(-c5cccc6c5-n5c7c(c8cccc(c85)C65c6ccccc6C6C=CC=CC65)C=CCC7)c4cc23)C2=C(C1)C1(c3ccccc3-c3ccccc31)c1cccc3c4ccccc4n2c13. The van der Waals surface area contributed by atoms with Crippen LogP contribution in [0.25, 0.3) is 116 Å². The van der Waals surface area contributed by atoms with Crippen molar-refractivity contribution < 1.29 is 0 Å². The summed E-state index contributed by atoms with van der Waals surface area (Å²) < 4.78 is 5.55. The number of nitrogens with zero attached hydrogens (tertiary/aromatic N) is 3. The lowest BCUT2D eigenvalue weighted by molar-refractivity contribution is 0.287. The molecule has 13 aromatic carbocycles. The largest absolute Gasteiger partial charge is 0.333 e. The van der Waals surface area contributed by atoms with Crippen LogP contribution in [0.5, 0.6) is 0 Å². The number of benzene rings is 13. The molecule has 15 aromatic rings. The van der Waals surface area contributed by atoms with Gasteiger partial charge in [0.05, 0.1) is 44.8 Å². The number of allylic oxidation sites excluding steroid dienone is 14. The third kappa shape index (κ3) is 7.13. The molecule has 528 valence electrons. The second-order valence-electron chi connectivity index (χ2n) is 34.3. The van der Waals surface area contributed by atoms with E-state index in [4.69, 9.17) is 0 Å². The summed E-state index contributed by atoms with van der Waals surface area (Å²) in [6, 6.07) is 102. The van der Waals surface area contributed by atoms with Crippen LogP contribution in [0.2, 0.25) is 0 Å². The average Bonchev–Trinajstić information content (AvgIpc) is 1.48. The molecule has 27 rings (SSSR count). The molecule has 12 aliphatic rings. The van der Waals surface area contributed by atoms with Gasteiger partial charge in [-0.1, -0.05) is 310 Å². The molecule has 3 spiro atoms. The van der Waals surface area contributed by atoms with E-state index in [9.17, 15) is 0 Å². The molecule has 3 heteroatoms. The summed E-state index contributed by atoms with van der Waals surface area (Å²) in [6.45, 7) is 2.50. The molecule has 3 nitrogen and oxygen atoms in total. The molecule has 0 saturated carbocycles.